The van der Waals surface area contributed by atoms with Gasteiger partial charge in [-0.05, 0) is 44.9 Å². The Morgan fingerprint density at radius 1 is 1.26 bits per heavy atom. The number of carbonyl (C=O) groups is 1. The van der Waals surface area contributed by atoms with E-state index in [4.69, 9.17) is 9.47 Å². The van der Waals surface area contributed by atoms with Crippen LogP contribution >= 0.6 is 0 Å². The van der Waals surface area contributed by atoms with Gasteiger partial charge in [0.2, 0.25) is 0 Å². The number of nitrogens with zero attached hydrogens (tertiary/aromatic N) is 3. The first-order valence-electron chi connectivity index (χ1n) is 11.7. The van der Waals surface area contributed by atoms with Crippen LogP contribution in [-0.2, 0) is 29.9 Å². The number of benzene rings is 1. The molecular formula is C25H34F3N3O4. The van der Waals surface area contributed by atoms with Crippen LogP contribution in [0.15, 0.2) is 29.3 Å². The van der Waals surface area contributed by atoms with Crippen molar-refractivity contribution < 1.29 is 32.5 Å². The summed E-state index contributed by atoms with van der Waals surface area (Å²) in [5.74, 6) is -0.936. The van der Waals surface area contributed by atoms with E-state index in [0.29, 0.717) is 18.6 Å². The predicted molar refractivity (Wildman–Crippen MR) is 124 cm³/mol. The van der Waals surface area contributed by atoms with Crippen molar-refractivity contribution in [2.45, 2.75) is 83.9 Å². The smallest absolute Gasteiger partial charge is 0.416 e. The molecule has 1 aliphatic heterocycles. The first kappa shape index (κ1) is 27.0. The molecule has 7 nitrogen and oxygen atoms in total. The van der Waals surface area contributed by atoms with E-state index >= 15 is 0 Å². The maximum absolute atomic E-state index is 13.4. The van der Waals surface area contributed by atoms with Crippen LogP contribution in [0.1, 0.15) is 69.1 Å². The van der Waals surface area contributed by atoms with Gasteiger partial charge in [0, 0.05) is 30.8 Å². The maximum atomic E-state index is 13.4. The van der Waals surface area contributed by atoms with Gasteiger partial charge >= 0.3 is 6.18 Å². The number of aliphatic hydroxyl groups is 1. The first-order valence-corrected chi connectivity index (χ1v) is 11.7. The van der Waals surface area contributed by atoms with Crippen LogP contribution in [-0.4, -0.2) is 45.3 Å². The van der Waals surface area contributed by atoms with Gasteiger partial charge in [0.1, 0.15) is 11.9 Å². The van der Waals surface area contributed by atoms with Crippen molar-refractivity contribution in [3.63, 3.8) is 0 Å². The molecule has 2 heterocycles. The summed E-state index contributed by atoms with van der Waals surface area (Å²) < 4.78 is 55.4. The lowest BCUT2D eigenvalue weighted by Gasteiger charge is -2.21. The van der Waals surface area contributed by atoms with Gasteiger partial charge in [0.25, 0.3) is 5.91 Å². The highest BCUT2D eigenvalue weighted by Gasteiger charge is 2.32. The summed E-state index contributed by atoms with van der Waals surface area (Å²) in [5.41, 5.74) is -0.336. The first-order chi connectivity index (χ1) is 16.2. The summed E-state index contributed by atoms with van der Waals surface area (Å²) in [6.45, 7) is 10.3. The molecule has 3 rings (SSSR count). The molecule has 1 aromatic carbocycles. The fourth-order valence-electron chi connectivity index (χ4n) is 4.00. The van der Waals surface area contributed by atoms with Crippen molar-refractivity contribution in [2.24, 2.45) is 12.0 Å². The van der Waals surface area contributed by atoms with Crippen molar-refractivity contribution in [3.05, 3.63) is 46.6 Å². The summed E-state index contributed by atoms with van der Waals surface area (Å²) in [7, 11) is 1.86. The topological polar surface area (TPSA) is 78.0 Å². The highest BCUT2D eigenvalue weighted by atomic mass is 19.4. The molecule has 35 heavy (non-hydrogen) atoms. The van der Waals surface area contributed by atoms with E-state index < -0.39 is 29.9 Å². The van der Waals surface area contributed by atoms with Gasteiger partial charge in [-0.15, -0.1) is 0 Å². The number of aliphatic hydroxyl groups excluding tert-OH is 1. The monoisotopic (exact) mass is 497 g/mol. The Morgan fingerprint density at radius 2 is 1.94 bits per heavy atom. The van der Waals surface area contributed by atoms with E-state index in [9.17, 15) is 23.1 Å². The minimum atomic E-state index is -4.64. The third kappa shape index (κ3) is 6.35. The highest BCUT2D eigenvalue weighted by Crippen LogP contribution is 2.33. The van der Waals surface area contributed by atoms with E-state index in [0.717, 1.165) is 36.7 Å². The molecule has 2 aromatic rings. The number of rotatable bonds is 6. The average Bonchev–Trinajstić information content (AvgIpc) is 3.36. The lowest BCUT2D eigenvalue weighted by Crippen LogP contribution is -2.30. The second kappa shape index (κ2) is 10.2. The van der Waals surface area contributed by atoms with Crippen molar-refractivity contribution in [1.29, 1.82) is 0 Å². The molecule has 1 saturated heterocycles. The van der Waals surface area contributed by atoms with Gasteiger partial charge in [-0.25, -0.2) is 0 Å². The van der Waals surface area contributed by atoms with Crippen LogP contribution in [0.4, 0.5) is 13.2 Å². The Bertz CT molecular complexity index is 1120. The van der Waals surface area contributed by atoms with E-state index in [1.165, 1.54) is 6.92 Å². The highest BCUT2D eigenvalue weighted by molar-refractivity contribution is 5.97. The van der Waals surface area contributed by atoms with E-state index in [1.807, 2.05) is 37.2 Å². The average molecular weight is 498 g/mol. The number of carbonyl (C=O) groups excluding carboxylic acids is 1. The summed E-state index contributed by atoms with van der Waals surface area (Å²) in [6, 6.07) is 4.46. The lowest BCUT2D eigenvalue weighted by molar-refractivity contribution is -0.137. The molecule has 1 aliphatic rings. The second-order valence-corrected chi connectivity index (χ2v) is 10.1. The SMILES string of the molecule is C[C@H](O)[C@H](C)Oc1ccc(C(F)(F)F)cc1C(=O)N=c1cc(C(C)(C)C)n(C)n1C[C@H]1CCCO1. The summed E-state index contributed by atoms with van der Waals surface area (Å²) in [4.78, 5) is 17.5. The summed E-state index contributed by atoms with van der Waals surface area (Å²) >= 11 is 0. The number of hydrogen-bond donors (Lipinski definition) is 1. The largest absolute Gasteiger partial charge is 0.487 e. The minimum Gasteiger partial charge on any atom is -0.487 e. The lowest BCUT2D eigenvalue weighted by atomic mass is 9.92. The fraction of sp³-hybridized carbons (Fsp3) is 0.600. The molecule has 0 radical (unpaired) electrons. The molecular weight excluding hydrogens is 463 g/mol. The van der Waals surface area contributed by atoms with Crippen molar-refractivity contribution in [2.75, 3.05) is 6.61 Å². The van der Waals surface area contributed by atoms with Gasteiger partial charge < -0.3 is 14.6 Å². The Hall–Kier alpha value is -2.59. The molecule has 0 unspecified atom stereocenters. The van der Waals surface area contributed by atoms with E-state index in [-0.39, 0.29) is 22.8 Å². The third-order valence-electron chi connectivity index (χ3n) is 6.16. The Kier molecular flexibility index (Phi) is 7.86. The zero-order valence-corrected chi connectivity index (χ0v) is 21.0. The Labute approximate surface area is 203 Å². The number of hydrogen-bond acceptors (Lipinski definition) is 4. The summed E-state index contributed by atoms with van der Waals surface area (Å²) in [6.07, 6.45) is -4.50. The van der Waals surface area contributed by atoms with Crippen LogP contribution in [0.5, 0.6) is 5.75 Å². The van der Waals surface area contributed by atoms with Crippen molar-refractivity contribution in [3.8, 4) is 5.75 Å². The fourth-order valence-corrected chi connectivity index (χ4v) is 4.00. The van der Waals surface area contributed by atoms with Gasteiger partial charge in [-0.2, -0.15) is 18.2 Å². The Morgan fingerprint density at radius 3 is 2.49 bits per heavy atom. The number of amides is 1. The van der Waals surface area contributed by atoms with Crippen LogP contribution in [0.3, 0.4) is 0 Å². The molecule has 1 amide bonds. The van der Waals surface area contributed by atoms with Crippen LogP contribution < -0.4 is 10.2 Å². The zero-order chi connectivity index (χ0) is 26.1. The zero-order valence-electron chi connectivity index (χ0n) is 21.0. The van der Waals surface area contributed by atoms with Gasteiger partial charge in [0.05, 0.1) is 29.9 Å². The van der Waals surface area contributed by atoms with Gasteiger partial charge in [0.15, 0.2) is 5.49 Å². The van der Waals surface area contributed by atoms with E-state index in [2.05, 4.69) is 4.99 Å². The normalized spacial score (nSPS) is 19.1. The molecule has 0 aliphatic carbocycles. The summed E-state index contributed by atoms with van der Waals surface area (Å²) in [5, 5.41) is 9.78. The van der Waals surface area contributed by atoms with Crippen LogP contribution in [0.25, 0.3) is 0 Å². The standard InChI is InChI=1S/C25H34F3N3O4/c1-15(32)16(2)35-20-10-9-17(25(26,27)28)12-19(20)23(33)29-22-13-21(24(3,4)5)30(6)31(22)14-18-8-7-11-34-18/h9-10,12-13,15-16,18,32H,7-8,11,14H2,1-6H3/t15-,16-,18+/m0/s1. The number of alkyl halides is 3. The molecule has 3 atom stereocenters. The van der Waals surface area contributed by atoms with Crippen LogP contribution in [0, 0.1) is 0 Å². The van der Waals surface area contributed by atoms with Crippen molar-refractivity contribution in [1.82, 2.24) is 9.36 Å². The second-order valence-electron chi connectivity index (χ2n) is 10.1. The number of halogens is 3. The van der Waals surface area contributed by atoms with Gasteiger partial charge in [-0.1, -0.05) is 20.8 Å². The molecule has 1 N–H and O–H groups in total. The molecule has 0 saturated carbocycles. The molecule has 0 bridgehead atoms. The molecule has 0 spiro atoms. The molecule has 1 aromatic heterocycles. The van der Waals surface area contributed by atoms with Crippen molar-refractivity contribution >= 4 is 5.91 Å². The number of ether oxygens (including phenoxy) is 2. The molecule has 1 fully saturated rings. The maximum Gasteiger partial charge on any atom is 0.416 e. The molecule has 194 valence electrons. The third-order valence-corrected chi connectivity index (χ3v) is 6.16. The quantitative estimate of drug-likeness (QED) is 0.649. The predicted octanol–water partition coefficient (Wildman–Crippen LogP) is 4.21. The number of aromatic nitrogens is 2. The van der Waals surface area contributed by atoms with E-state index in [1.54, 1.807) is 13.0 Å². The van der Waals surface area contributed by atoms with Gasteiger partial charge in [-0.3, -0.25) is 14.2 Å². The minimum absolute atomic E-state index is 0.0372. The Balaban J connectivity index is 2.12. The van der Waals surface area contributed by atoms with Crippen LogP contribution in [0.2, 0.25) is 0 Å². The molecule has 10 heteroatoms.